The Morgan fingerprint density at radius 2 is 2.31 bits per heavy atom. The van der Waals surface area contributed by atoms with Crippen molar-refractivity contribution in [1.82, 2.24) is 15.2 Å². The van der Waals surface area contributed by atoms with Gasteiger partial charge < -0.3 is 5.73 Å². The van der Waals surface area contributed by atoms with E-state index in [4.69, 9.17) is 5.73 Å². The number of hydrogen-bond acceptors (Lipinski definition) is 5. The highest BCUT2D eigenvalue weighted by Crippen LogP contribution is 2.38. The molecule has 2 heterocycles. The molecular formula is C10H14N4S2. The van der Waals surface area contributed by atoms with Crippen LogP contribution in [-0.2, 0) is 0 Å². The Morgan fingerprint density at radius 3 is 2.81 bits per heavy atom. The van der Waals surface area contributed by atoms with Crippen LogP contribution in [0.15, 0.2) is 23.6 Å². The minimum atomic E-state index is 0.0770. The van der Waals surface area contributed by atoms with Gasteiger partial charge in [-0.15, -0.1) is 11.3 Å². The fourth-order valence-corrected chi connectivity index (χ4v) is 3.53. The fourth-order valence-electron chi connectivity index (χ4n) is 1.40. The van der Waals surface area contributed by atoms with E-state index in [1.54, 1.807) is 23.1 Å². The van der Waals surface area contributed by atoms with Crippen molar-refractivity contribution in [1.29, 1.82) is 0 Å². The van der Waals surface area contributed by atoms with Gasteiger partial charge in [0, 0.05) is 15.8 Å². The first-order valence-electron chi connectivity index (χ1n) is 5.01. The molecule has 0 saturated heterocycles. The molecule has 0 saturated carbocycles. The average Bonchev–Trinajstić information content (AvgIpc) is 2.84. The van der Waals surface area contributed by atoms with Crippen molar-refractivity contribution in [2.24, 2.45) is 5.73 Å². The van der Waals surface area contributed by atoms with Gasteiger partial charge in [0.2, 0.25) is 0 Å². The van der Waals surface area contributed by atoms with Crippen LogP contribution in [0, 0.1) is 6.92 Å². The highest BCUT2D eigenvalue weighted by atomic mass is 32.2. The van der Waals surface area contributed by atoms with Crippen LogP contribution in [0.1, 0.15) is 21.9 Å². The third-order valence-electron chi connectivity index (χ3n) is 2.15. The number of H-pyrrole nitrogens is 1. The topological polar surface area (TPSA) is 67.6 Å². The summed E-state index contributed by atoms with van der Waals surface area (Å²) in [6.07, 6.45) is 1.51. The molecule has 0 aliphatic rings. The molecule has 0 fully saturated rings. The predicted molar refractivity (Wildman–Crippen MR) is 67.7 cm³/mol. The van der Waals surface area contributed by atoms with E-state index in [0.717, 1.165) is 5.16 Å². The van der Waals surface area contributed by atoms with Crippen LogP contribution in [0.5, 0.6) is 0 Å². The normalized spacial score (nSPS) is 14.9. The molecule has 0 radical (unpaired) electrons. The van der Waals surface area contributed by atoms with E-state index >= 15 is 0 Å². The van der Waals surface area contributed by atoms with Crippen molar-refractivity contribution in [3.8, 4) is 0 Å². The Hall–Kier alpha value is -0.850. The summed E-state index contributed by atoms with van der Waals surface area (Å²) in [5, 5.41) is 7.73. The third kappa shape index (κ3) is 2.63. The molecule has 6 heteroatoms. The van der Waals surface area contributed by atoms with Gasteiger partial charge in [-0.25, -0.2) is 4.98 Å². The quantitative estimate of drug-likeness (QED) is 0.822. The predicted octanol–water partition coefficient (Wildman–Crippen LogP) is 2.36. The number of aromatic nitrogens is 3. The molecule has 4 nitrogen and oxygen atoms in total. The maximum Gasteiger partial charge on any atom is 0.184 e. The standard InChI is InChI=1S/C10H14N4S2/c1-6-3-4-8(15-6)9(7(2)11)16-10-12-5-13-14-10/h3-5,7,9H,11H2,1-2H3,(H,12,13,14). The number of thiophene rings is 1. The molecule has 2 aromatic rings. The van der Waals surface area contributed by atoms with Gasteiger partial charge in [-0.2, -0.15) is 5.10 Å². The van der Waals surface area contributed by atoms with Gasteiger partial charge in [0.1, 0.15) is 6.33 Å². The lowest BCUT2D eigenvalue weighted by Crippen LogP contribution is -2.22. The van der Waals surface area contributed by atoms with Gasteiger partial charge in [-0.05, 0) is 26.0 Å². The molecule has 0 aliphatic carbocycles. The molecule has 0 spiro atoms. The maximum absolute atomic E-state index is 6.02. The number of aryl methyl sites for hydroxylation is 1. The van der Waals surface area contributed by atoms with Crippen LogP contribution >= 0.6 is 23.1 Å². The molecule has 2 atom stereocenters. The van der Waals surface area contributed by atoms with Crippen LogP contribution in [-0.4, -0.2) is 21.2 Å². The Labute approximate surface area is 103 Å². The van der Waals surface area contributed by atoms with Crippen molar-refractivity contribution in [2.45, 2.75) is 30.3 Å². The number of rotatable bonds is 4. The van der Waals surface area contributed by atoms with E-state index in [-0.39, 0.29) is 11.3 Å². The highest BCUT2D eigenvalue weighted by Gasteiger charge is 2.20. The first-order valence-corrected chi connectivity index (χ1v) is 6.70. The lowest BCUT2D eigenvalue weighted by atomic mass is 10.2. The molecule has 0 bridgehead atoms. The number of nitrogens with two attached hydrogens (primary N) is 1. The molecule has 0 aromatic carbocycles. The Balaban J connectivity index is 2.18. The van der Waals surface area contributed by atoms with Gasteiger partial charge >= 0.3 is 0 Å². The summed E-state index contributed by atoms with van der Waals surface area (Å²) in [6.45, 7) is 4.12. The van der Waals surface area contributed by atoms with E-state index in [2.05, 4.69) is 34.2 Å². The van der Waals surface area contributed by atoms with Crippen molar-refractivity contribution in [2.75, 3.05) is 0 Å². The van der Waals surface area contributed by atoms with Crippen LogP contribution in [0.4, 0.5) is 0 Å². The number of nitrogens with zero attached hydrogens (tertiary/aromatic N) is 2. The van der Waals surface area contributed by atoms with E-state index in [0.29, 0.717) is 0 Å². The summed E-state index contributed by atoms with van der Waals surface area (Å²) in [5.74, 6) is 0. The molecule has 2 unspecified atom stereocenters. The first kappa shape index (κ1) is 11.6. The lowest BCUT2D eigenvalue weighted by molar-refractivity contribution is 0.726. The molecule has 86 valence electrons. The average molecular weight is 254 g/mol. The van der Waals surface area contributed by atoms with Crippen LogP contribution < -0.4 is 5.73 Å². The maximum atomic E-state index is 6.02. The second-order valence-electron chi connectivity index (χ2n) is 3.64. The second kappa shape index (κ2) is 4.99. The summed E-state index contributed by atoms with van der Waals surface area (Å²) in [5.41, 5.74) is 6.02. The minimum absolute atomic E-state index is 0.0770. The number of aromatic amines is 1. The summed E-state index contributed by atoms with van der Waals surface area (Å²) in [7, 11) is 0. The summed E-state index contributed by atoms with van der Waals surface area (Å²) in [4.78, 5) is 6.71. The zero-order chi connectivity index (χ0) is 11.5. The van der Waals surface area contributed by atoms with Gasteiger partial charge in [-0.3, -0.25) is 5.10 Å². The smallest absolute Gasteiger partial charge is 0.184 e. The van der Waals surface area contributed by atoms with E-state index in [1.807, 2.05) is 6.92 Å². The van der Waals surface area contributed by atoms with Gasteiger partial charge in [-0.1, -0.05) is 11.8 Å². The SMILES string of the molecule is Cc1ccc(C(Sc2ncn[nH]2)C(C)N)s1. The van der Waals surface area contributed by atoms with Crippen molar-refractivity contribution in [3.63, 3.8) is 0 Å². The van der Waals surface area contributed by atoms with Gasteiger partial charge in [0.25, 0.3) is 0 Å². The highest BCUT2D eigenvalue weighted by molar-refractivity contribution is 7.99. The molecule has 2 aromatic heterocycles. The fraction of sp³-hybridized carbons (Fsp3) is 0.400. The molecule has 0 amide bonds. The lowest BCUT2D eigenvalue weighted by Gasteiger charge is -2.17. The zero-order valence-corrected chi connectivity index (χ0v) is 10.8. The second-order valence-corrected chi connectivity index (χ2v) is 6.09. The number of hydrogen-bond donors (Lipinski definition) is 2. The van der Waals surface area contributed by atoms with Crippen molar-refractivity contribution >= 4 is 23.1 Å². The Kier molecular flexibility index (Phi) is 3.63. The Bertz CT molecular complexity index is 435. The first-order chi connectivity index (χ1) is 7.66. The molecule has 0 aliphatic heterocycles. The van der Waals surface area contributed by atoms with Crippen LogP contribution in [0.3, 0.4) is 0 Å². The van der Waals surface area contributed by atoms with E-state index in [1.165, 1.54) is 16.1 Å². The van der Waals surface area contributed by atoms with Gasteiger partial charge in [0.05, 0.1) is 5.25 Å². The number of thioether (sulfide) groups is 1. The minimum Gasteiger partial charge on any atom is -0.327 e. The zero-order valence-electron chi connectivity index (χ0n) is 9.18. The largest absolute Gasteiger partial charge is 0.327 e. The number of nitrogens with one attached hydrogen (secondary N) is 1. The molecular weight excluding hydrogens is 240 g/mol. The van der Waals surface area contributed by atoms with E-state index in [9.17, 15) is 0 Å². The monoisotopic (exact) mass is 254 g/mol. The third-order valence-corrected chi connectivity index (χ3v) is 4.74. The molecule has 16 heavy (non-hydrogen) atoms. The molecule has 3 N–H and O–H groups in total. The molecule has 2 rings (SSSR count). The summed E-state index contributed by atoms with van der Waals surface area (Å²) in [6, 6.07) is 4.33. The Morgan fingerprint density at radius 1 is 1.50 bits per heavy atom. The van der Waals surface area contributed by atoms with Crippen LogP contribution in [0.25, 0.3) is 0 Å². The van der Waals surface area contributed by atoms with Crippen molar-refractivity contribution in [3.05, 3.63) is 28.2 Å². The van der Waals surface area contributed by atoms with E-state index < -0.39 is 0 Å². The van der Waals surface area contributed by atoms with Crippen LogP contribution in [0.2, 0.25) is 0 Å². The summed E-state index contributed by atoms with van der Waals surface area (Å²) < 4.78 is 0. The summed E-state index contributed by atoms with van der Waals surface area (Å²) >= 11 is 3.41. The van der Waals surface area contributed by atoms with Gasteiger partial charge in [0.15, 0.2) is 5.16 Å². The van der Waals surface area contributed by atoms with Crippen molar-refractivity contribution < 1.29 is 0 Å².